The van der Waals surface area contributed by atoms with Crippen LogP contribution in [0.5, 0.6) is 5.75 Å². The quantitative estimate of drug-likeness (QED) is 0.862. The summed E-state index contributed by atoms with van der Waals surface area (Å²) in [5.74, 6) is 1.01. The zero-order valence-corrected chi connectivity index (χ0v) is 14.3. The number of aromatic nitrogens is 2. The minimum atomic E-state index is -3.67. The Morgan fingerprint density at radius 1 is 1.38 bits per heavy atom. The first kappa shape index (κ1) is 16.8. The average Bonchev–Trinajstić information content (AvgIpc) is 3.02. The fourth-order valence-electron chi connectivity index (χ4n) is 2.69. The average molecular weight is 351 g/mol. The predicted octanol–water partition coefficient (Wildman–Crippen LogP) is 2.12. The van der Waals surface area contributed by atoms with Crippen molar-refractivity contribution in [1.29, 1.82) is 0 Å². The summed E-state index contributed by atoms with van der Waals surface area (Å²) in [4.78, 5) is 0.152. The molecular formula is C16H21N3O4S. The van der Waals surface area contributed by atoms with E-state index in [2.05, 4.69) is 9.82 Å². The van der Waals surface area contributed by atoms with E-state index in [0.29, 0.717) is 17.4 Å². The highest BCUT2D eigenvalue weighted by Gasteiger charge is 2.18. The topological polar surface area (TPSA) is 82.5 Å². The van der Waals surface area contributed by atoms with Gasteiger partial charge < -0.3 is 9.47 Å². The van der Waals surface area contributed by atoms with Crippen molar-refractivity contribution in [3.05, 3.63) is 36.7 Å². The number of hydrogen-bond donors (Lipinski definition) is 1. The van der Waals surface area contributed by atoms with E-state index in [0.717, 1.165) is 32.6 Å². The van der Waals surface area contributed by atoms with Crippen LogP contribution in [0.3, 0.4) is 0 Å². The molecule has 0 unspecified atom stereocenters. The number of benzene rings is 1. The molecule has 8 heteroatoms. The van der Waals surface area contributed by atoms with Crippen molar-refractivity contribution < 1.29 is 17.9 Å². The molecule has 1 saturated heterocycles. The lowest BCUT2D eigenvalue weighted by atomic mass is 10.0. The summed E-state index contributed by atoms with van der Waals surface area (Å²) in [7, 11) is -2.17. The van der Waals surface area contributed by atoms with Crippen molar-refractivity contribution in [2.75, 3.05) is 25.0 Å². The second kappa shape index (κ2) is 7.23. The molecule has 2 heterocycles. The standard InChI is InChI=1S/C16H21N3O4S/c1-22-15-3-2-4-16(9-15)24(20,21)18-14-10-17-19(12-14)11-13-5-7-23-8-6-13/h2-4,9-10,12-13,18H,5-8,11H2,1H3. The smallest absolute Gasteiger partial charge is 0.262 e. The molecule has 0 atom stereocenters. The Kier molecular flexibility index (Phi) is 5.06. The Morgan fingerprint density at radius 2 is 2.17 bits per heavy atom. The number of methoxy groups -OCH3 is 1. The van der Waals surface area contributed by atoms with E-state index in [-0.39, 0.29) is 4.90 Å². The summed E-state index contributed by atoms with van der Waals surface area (Å²) >= 11 is 0. The van der Waals surface area contributed by atoms with Crippen molar-refractivity contribution in [2.45, 2.75) is 24.3 Å². The molecule has 1 aliphatic heterocycles. The van der Waals surface area contributed by atoms with Crippen LogP contribution >= 0.6 is 0 Å². The molecule has 1 fully saturated rings. The van der Waals surface area contributed by atoms with Crippen LogP contribution in [-0.2, 0) is 21.3 Å². The molecule has 130 valence electrons. The molecule has 24 heavy (non-hydrogen) atoms. The highest BCUT2D eigenvalue weighted by Crippen LogP contribution is 2.21. The lowest BCUT2D eigenvalue weighted by Crippen LogP contribution is -2.20. The minimum absolute atomic E-state index is 0.152. The normalized spacial score (nSPS) is 16.0. The number of sulfonamides is 1. The highest BCUT2D eigenvalue weighted by atomic mass is 32.2. The van der Waals surface area contributed by atoms with Crippen LogP contribution in [0.1, 0.15) is 12.8 Å². The maximum absolute atomic E-state index is 12.4. The summed E-state index contributed by atoms with van der Waals surface area (Å²) in [6, 6.07) is 6.35. The SMILES string of the molecule is COc1cccc(S(=O)(=O)Nc2cnn(CC3CCOCC3)c2)c1. The molecule has 0 radical (unpaired) electrons. The van der Waals surface area contributed by atoms with Crippen LogP contribution < -0.4 is 9.46 Å². The van der Waals surface area contributed by atoms with Crippen molar-refractivity contribution in [3.63, 3.8) is 0 Å². The molecule has 1 aromatic carbocycles. The van der Waals surface area contributed by atoms with Gasteiger partial charge in [0.1, 0.15) is 5.75 Å². The van der Waals surface area contributed by atoms with E-state index in [9.17, 15) is 8.42 Å². The van der Waals surface area contributed by atoms with E-state index in [1.165, 1.54) is 25.4 Å². The Morgan fingerprint density at radius 3 is 2.92 bits per heavy atom. The molecule has 2 aromatic rings. The molecule has 0 amide bonds. The largest absolute Gasteiger partial charge is 0.497 e. The Labute approximate surface area is 141 Å². The van der Waals surface area contributed by atoms with E-state index in [1.807, 2.05) is 0 Å². The van der Waals surface area contributed by atoms with Gasteiger partial charge in [-0.05, 0) is 30.9 Å². The lowest BCUT2D eigenvalue weighted by molar-refractivity contribution is 0.0601. The van der Waals surface area contributed by atoms with Gasteiger partial charge in [-0.3, -0.25) is 9.40 Å². The molecule has 0 spiro atoms. The van der Waals surface area contributed by atoms with Crippen LogP contribution in [0.15, 0.2) is 41.6 Å². The van der Waals surface area contributed by atoms with Gasteiger partial charge in [-0.2, -0.15) is 5.10 Å². The van der Waals surface area contributed by atoms with Crippen LogP contribution in [0.2, 0.25) is 0 Å². The second-order valence-corrected chi connectivity index (χ2v) is 7.47. The summed E-state index contributed by atoms with van der Waals surface area (Å²) in [5, 5.41) is 4.25. The van der Waals surface area contributed by atoms with Gasteiger partial charge in [-0.15, -0.1) is 0 Å². The first-order valence-electron chi connectivity index (χ1n) is 7.84. The molecule has 0 bridgehead atoms. The molecule has 1 N–H and O–H groups in total. The van der Waals surface area contributed by atoms with Gasteiger partial charge in [0.2, 0.25) is 0 Å². The minimum Gasteiger partial charge on any atom is -0.497 e. The number of ether oxygens (including phenoxy) is 2. The monoisotopic (exact) mass is 351 g/mol. The molecule has 0 aliphatic carbocycles. The van der Waals surface area contributed by atoms with Crippen molar-refractivity contribution in [1.82, 2.24) is 9.78 Å². The lowest BCUT2D eigenvalue weighted by Gasteiger charge is -2.21. The first-order valence-corrected chi connectivity index (χ1v) is 9.32. The van der Waals surface area contributed by atoms with E-state index in [4.69, 9.17) is 9.47 Å². The number of rotatable bonds is 6. The van der Waals surface area contributed by atoms with Gasteiger partial charge in [-0.25, -0.2) is 8.42 Å². The highest BCUT2D eigenvalue weighted by molar-refractivity contribution is 7.92. The Bertz CT molecular complexity index is 782. The molecular weight excluding hydrogens is 330 g/mol. The molecule has 1 aromatic heterocycles. The number of nitrogens with zero attached hydrogens (tertiary/aromatic N) is 2. The summed E-state index contributed by atoms with van der Waals surface area (Å²) in [6.07, 6.45) is 5.25. The van der Waals surface area contributed by atoms with Crippen molar-refractivity contribution >= 4 is 15.7 Å². The van der Waals surface area contributed by atoms with Gasteiger partial charge in [0.05, 0.1) is 23.9 Å². The Hall–Kier alpha value is -2.06. The number of hydrogen-bond acceptors (Lipinski definition) is 5. The number of anilines is 1. The van der Waals surface area contributed by atoms with Gasteiger partial charge in [-0.1, -0.05) is 6.07 Å². The van der Waals surface area contributed by atoms with Gasteiger partial charge in [0.15, 0.2) is 0 Å². The van der Waals surface area contributed by atoms with E-state index in [1.54, 1.807) is 23.0 Å². The zero-order valence-electron chi connectivity index (χ0n) is 13.5. The van der Waals surface area contributed by atoms with E-state index >= 15 is 0 Å². The summed E-state index contributed by atoms with van der Waals surface area (Å²) in [5.41, 5.74) is 0.449. The van der Waals surface area contributed by atoms with Crippen LogP contribution in [-0.4, -0.2) is 38.5 Å². The summed E-state index contributed by atoms with van der Waals surface area (Å²) < 4.78 is 39.6. The van der Waals surface area contributed by atoms with Crippen molar-refractivity contribution in [3.8, 4) is 5.75 Å². The van der Waals surface area contributed by atoms with E-state index < -0.39 is 10.0 Å². The van der Waals surface area contributed by atoms with Crippen LogP contribution in [0.4, 0.5) is 5.69 Å². The molecule has 1 aliphatic rings. The fourth-order valence-corrected chi connectivity index (χ4v) is 3.75. The van der Waals surface area contributed by atoms with Crippen LogP contribution in [0.25, 0.3) is 0 Å². The van der Waals surface area contributed by atoms with Gasteiger partial charge in [0.25, 0.3) is 10.0 Å². The first-order chi connectivity index (χ1) is 11.6. The molecule has 3 rings (SSSR count). The molecule has 0 saturated carbocycles. The molecule has 7 nitrogen and oxygen atoms in total. The second-order valence-electron chi connectivity index (χ2n) is 5.79. The third-order valence-electron chi connectivity index (χ3n) is 4.02. The van der Waals surface area contributed by atoms with Crippen LogP contribution in [0, 0.1) is 5.92 Å². The van der Waals surface area contributed by atoms with Gasteiger partial charge in [0, 0.05) is 32.0 Å². The Balaban J connectivity index is 1.68. The predicted molar refractivity (Wildman–Crippen MR) is 89.6 cm³/mol. The van der Waals surface area contributed by atoms with Gasteiger partial charge >= 0.3 is 0 Å². The fraction of sp³-hybridized carbons (Fsp3) is 0.438. The number of nitrogens with one attached hydrogen (secondary N) is 1. The summed E-state index contributed by atoms with van der Waals surface area (Å²) in [6.45, 7) is 2.33. The maximum atomic E-state index is 12.4. The van der Waals surface area contributed by atoms with Crippen molar-refractivity contribution in [2.24, 2.45) is 5.92 Å². The maximum Gasteiger partial charge on any atom is 0.262 e. The third-order valence-corrected chi connectivity index (χ3v) is 5.40. The third kappa shape index (κ3) is 4.07. The zero-order chi connectivity index (χ0) is 17.0.